The molecule has 0 aliphatic heterocycles. The van der Waals surface area contributed by atoms with Crippen molar-refractivity contribution in [1.82, 2.24) is 14.5 Å². The van der Waals surface area contributed by atoms with Gasteiger partial charge in [0.1, 0.15) is 11.6 Å². The first-order valence-electron chi connectivity index (χ1n) is 10.9. The fourth-order valence-corrected chi connectivity index (χ4v) is 4.34. The van der Waals surface area contributed by atoms with Crippen LogP contribution in [0.3, 0.4) is 0 Å². The molecule has 0 fully saturated rings. The van der Waals surface area contributed by atoms with Gasteiger partial charge in [0.05, 0.1) is 17.1 Å². The molecule has 4 aromatic rings. The van der Waals surface area contributed by atoms with Gasteiger partial charge < -0.3 is 9.47 Å². The number of nitrogens with zero attached hydrogens (tertiary/aromatic N) is 3. The van der Waals surface area contributed by atoms with Gasteiger partial charge in [0.25, 0.3) is 0 Å². The average Bonchev–Trinajstić information content (AvgIpc) is 3.21. The van der Waals surface area contributed by atoms with Crippen molar-refractivity contribution >= 4 is 10.0 Å². The molecule has 2 N–H and O–H groups in total. The molecular formula is C26H27FN4O2S. The zero-order valence-corrected chi connectivity index (χ0v) is 19.7. The summed E-state index contributed by atoms with van der Waals surface area (Å²) in [6.07, 6.45) is 2.85. The summed E-state index contributed by atoms with van der Waals surface area (Å²) in [5.41, 5.74) is 3.39. The monoisotopic (exact) mass is 478 g/mol. The van der Waals surface area contributed by atoms with Crippen molar-refractivity contribution in [1.29, 1.82) is 0 Å². The zero-order chi connectivity index (χ0) is 24.1. The number of imidazole rings is 1. The number of rotatable bonds is 9. The minimum atomic E-state index is -3.79. The van der Waals surface area contributed by atoms with E-state index in [1.54, 1.807) is 30.3 Å². The number of nitrogens with two attached hydrogens (primary N) is 1. The van der Waals surface area contributed by atoms with Gasteiger partial charge in [-0.3, -0.25) is 0 Å². The number of sulfonamides is 1. The lowest BCUT2D eigenvalue weighted by atomic mass is 10.1. The van der Waals surface area contributed by atoms with Gasteiger partial charge in [-0.15, -0.1) is 0 Å². The van der Waals surface area contributed by atoms with Crippen molar-refractivity contribution in [2.75, 3.05) is 13.6 Å². The molecule has 0 atom stereocenters. The lowest BCUT2D eigenvalue weighted by Crippen LogP contribution is -2.20. The van der Waals surface area contributed by atoms with Gasteiger partial charge in [-0.05, 0) is 49.4 Å². The standard InChI is InChI=1S/C26H27FN4O2S/c1-30(16-15-20-7-3-2-4-8-20)18-23-19-31(17-22-9-5-6-10-25(22)27)26(29-23)21-11-13-24(14-12-21)34(28,32)33/h2-14,19H,15-18H2,1H3,(H2,28,32,33). The molecule has 6 nitrogen and oxygen atoms in total. The van der Waals surface area contributed by atoms with Crippen LogP contribution in [0.2, 0.25) is 0 Å². The average molecular weight is 479 g/mol. The minimum Gasteiger partial charge on any atom is -0.326 e. The van der Waals surface area contributed by atoms with Crippen molar-refractivity contribution < 1.29 is 12.8 Å². The van der Waals surface area contributed by atoms with Crippen LogP contribution in [0.15, 0.2) is 90.0 Å². The molecule has 0 aliphatic carbocycles. The van der Waals surface area contributed by atoms with E-state index in [1.165, 1.54) is 23.8 Å². The number of aromatic nitrogens is 2. The molecule has 0 bridgehead atoms. The molecule has 8 heteroatoms. The predicted octanol–water partition coefficient (Wildman–Crippen LogP) is 4.06. The first kappa shape index (κ1) is 23.8. The van der Waals surface area contributed by atoms with Crippen LogP contribution < -0.4 is 5.14 Å². The highest BCUT2D eigenvalue weighted by Gasteiger charge is 2.15. The molecule has 3 aromatic carbocycles. The van der Waals surface area contributed by atoms with Crippen LogP contribution >= 0.6 is 0 Å². The Hall–Kier alpha value is -3.33. The van der Waals surface area contributed by atoms with Crippen LogP contribution in [0.4, 0.5) is 4.39 Å². The molecule has 34 heavy (non-hydrogen) atoms. The molecule has 1 heterocycles. The SMILES string of the molecule is CN(CCc1ccccc1)Cc1cn(Cc2ccccc2F)c(-c2ccc(S(N)(=O)=O)cc2)n1. The zero-order valence-electron chi connectivity index (χ0n) is 18.9. The third-order valence-electron chi connectivity index (χ3n) is 5.62. The Bertz CT molecular complexity index is 1350. The van der Waals surface area contributed by atoms with Crippen molar-refractivity contribution in [2.24, 2.45) is 5.14 Å². The summed E-state index contributed by atoms with van der Waals surface area (Å²) in [6, 6.07) is 23.2. The Balaban J connectivity index is 1.59. The van der Waals surface area contributed by atoms with Crippen molar-refractivity contribution in [3.05, 3.63) is 108 Å². The normalized spacial score (nSPS) is 11.8. The second-order valence-electron chi connectivity index (χ2n) is 8.32. The maximum atomic E-state index is 14.3. The number of likely N-dealkylation sites (N-methyl/N-ethyl adjacent to an activating group) is 1. The predicted molar refractivity (Wildman–Crippen MR) is 131 cm³/mol. The minimum absolute atomic E-state index is 0.0318. The van der Waals surface area contributed by atoms with E-state index in [1.807, 2.05) is 36.0 Å². The number of halogens is 1. The van der Waals surface area contributed by atoms with E-state index in [9.17, 15) is 12.8 Å². The van der Waals surface area contributed by atoms with Crippen LogP contribution in [0.5, 0.6) is 0 Å². The van der Waals surface area contributed by atoms with E-state index in [-0.39, 0.29) is 10.7 Å². The maximum Gasteiger partial charge on any atom is 0.238 e. The summed E-state index contributed by atoms with van der Waals surface area (Å²) in [4.78, 5) is 7.03. The molecule has 0 amide bonds. The third-order valence-corrected chi connectivity index (χ3v) is 6.55. The lowest BCUT2D eigenvalue weighted by molar-refractivity contribution is 0.327. The molecule has 176 valence electrons. The Morgan fingerprint density at radius 3 is 2.32 bits per heavy atom. The summed E-state index contributed by atoms with van der Waals surface area (Å²) in [5, 5.41) is 5.23. The van der Waals surface area contributed by atoms with Gasteiger partial charge in [0.2, 0.25) is 10.0 Å². The van der Waals surface area contributed by atoms with Crippen molar-refractivity contribution in [2.45, 2.75) is 24.4 Å². The summed E-state index contributed by atoms with van der Waals surface area (Å²) in [6.45, 7) is 1.79. The van der Waals surface area contributed by atoms with E-state index >= 15 is 0 Å². The number of hydrogen-bond donors (Lipinski definition) is 1. The van der Waals surface area contributed by atoms with E-state index in [0.717, 1.165) is 24.2 Å². The largest absolute Gasteiger partial charge is 0.326 e. The Kier molecular flexibility index (Phi) is 7.21. The molecule has 0 saturated heterocycles. The molecule has 0 aliphatic rings. The number of benzene rings is 3. The molecule has 0 radical (unpaired) electrons. The fraction of sp³-hybridized carbons (Fsp3) is 0.192. The van der Waals surface area contributed by atoms with Gasteiger partial charge in [-0.25, -0.2) is 22.9 Å². The van der Waals surface area contributed by atoms with Crippen LogP contribution in [-0.2, 0) is 29.5 Å². The lowest BCUT2D eigenvalue weighted by Gasteiger charge is -2.15. The van der Waals surface area contributed by atoms with Gasteiger partial charge in [-0.2, -0.15) is 0 Å². The number of hydrogen-bond acceptors (Lipinski definition) is 4. The smallest absolute Gasteiger partial charge is 0.238 e. The van der Waals surface area contributed by atoms with E-state index < -0.39 is 10.0 Å². The molecule has 0 unspecified atom stereocenters. The summed E-state index contributed by atoms with van der Waals surface area (Å²) in [7, 11) is -1.75. The van der Waals surface area contributed by atoms with Crippen molar-refractivity contribution in [3.8, 4) is 11.4 Å². The molecule has 0 saturated carbocycles. The second kappa shape index (κ2) is 10.3. The maximum absolute atomic E-state index is 14.3. The molecular weight excluding hydrogens is 451 g/mol. The Morgan fingerprint density at radius 1 is 0.971 bits per heavy atom. The quantitative estimate of drug-likeness (QED) is 0.393. The van der Waals surface area contributed by atoms with E-state index in [0.29, 0.717) is 24.5 Å². The summed E-state index contributed by atoms with van der Waals surface area (Å²) < 4.78 is 39.5. The highest BCUT2D eigenvalue weighted by molar-refractivity contribution is 7.89. The van der Waals surface area contributed by atoms with Crippen LogP contribution in [0, 0.1) is 5.82 Å². The van der Waals surface area contributed by atoms with Gasteiger partial charge >= 0.3 is 0 Å². The molecule has 1 aromatic heterocycles. The van der Waals surface area contributed by atoms with Gasteiger partial charge in [-0.1, -0.05) is 48.5 Å². The van der Waals surface area contributed by atoms with Crippen LogP contribution in [0.1, 0.15) is 16.8 Å². The highest BCUT2D eigenvalue weighted by atomic mass is 32.2. The third kappa shape index (κ3) is 5.96. The fourth-order valence-electron chi connectivity index (χ4n) is 3.82. The van der Waals surface area contributed by atoms with E-state index in [2.05, 4.69) is 17.0 Å². The summed E-state index contributed by atoms with van der Waals surface area (Å²) in [5.74, 6) is 0.351. The number of primary sulfonamides is 1. The summed E-state index contributed by atoms with van der Waals surface area (Å²) >= 11 is 0. The van der Waals surface area contributed by atoms with Crippen LogP contribution in [0.25, 0.3) is 11.4 Å². The van der Waals surface area contributed by atoms with E-state index in [4.69, 9.17) is 10.1 Å². The molecule has 0 spiro atoms. The Labute approximate surface area is 199 Å². The second-order valence-corrected chi connectivity index (χ2v) is 9.88. The van der Waals surface area contributed by atoms with Gasteiger partial charge in [0, 0.05) is 30.4 Å². The highest BCUT2D eigenvalue weighted by Crippen LogP contribution is 2.23. The topological polar surface area (TPSA) is 81.2 Å². The van der Waals surface area contributed by atoms with Gasteiger partial charge in [0.15, 0.2) is 0 Å². The van der Waals surface area contributed by atoms with Crippen LogP contribution in [-0.4, -0.2) is 36.5 Å². The Morgan fingerprint density at radius 2 is 1.65 bits per heavy atom. The first-order valence-corrected chi connectivity index (χ1v) is 12.5. The molecule has 4 rings (SSSR count). The van der Waals surface area contributed by atoms with Crippen molar-refractivity contribution in [3.63, 3.8) is 0 Å². The first-order chi connectivity index (χ1) is 16.3.